The van der Waals surface area contributed by atoms with E-state index in [1.807, 2.05) is 30.3 Å². The molecular formula is C18H11ClN4O4S. The third kappa shape index (κ3) is 3.30. The minimum Gasteiger partial charge on any atom is -0.454 e. The molecule has 0 fully saturated rings. The van der Waals surface area contributed by atoms with Crippen molar-refractivity contribution >= 4 is 23.4 Å². The van der Waals surface area contributed by atoms with E-state index in [9.17, 15) is 0 Å². The topological polar surface area (TPSA) is 96.3 Å². The molecule has 0 spiro atoms. The molecule has 4 aromatic rings. The molecule has 0 bridgehead atoms. The van der Waals surface area contributed by atoms with Gasteiger partial charge in [0.25, 0.3) is 5.22 Å². The third-order valence-electron chi connectivity index (χ3n) is 3.92. The summed E-state index contributed by atoms with van der Waals surface area (Å²) in [4.78, 5) is 0. The molecule has 0 radical (unpaired) electrons. The molecule has 10 heteroatoms. The molecule has 0 saturated heterocycles. The lowest BCUT2D eigenvalue weighted by atomic mass is 10.2. The fourth-order valence-electron chi connectivity index (χ4n) is 2.59. The molecule has 5 rings (SSSR count). The first-order chi connectivity index (χ1) is 13.8. The average molecular weight is 415 g/mol. The number of hydrogen-bond donors (Lipinski definition) is 0. The van der Waals surface area contributed by atoms with Crippen LogP contribution in [0.25, 0.3) is 22.9 Å². The van der Waals surface area contributed by atoms with Gasteiger partial charge in [0, 0.05) is 5.56 Å². The average Bonchev–Trinajstić information content (AvgIpc) is 3.46. The molecule has 0 unspecified atom stereocenters. The van der Waals surface area contributed by atoms with E-state index < -0.39 is 0 Å². The van der Waals surface area contributed by atoms with Crippen LogP contribution in [0.2, 0.25) is 5.02 Å². The van der Waals surface area contributed by atoms with E-state index in [-0.39, 0.29) is 6.79 Å². The van der Waals surface area contributed by atoms with Gasteiger partial charge in [-0.2, -0.15) is 0 Å². The molecule has 0 amide bonds. The maximum atomic E-state index is 6.15. The van der Waals surface area contributed by atoms with Gasteiger partial charge in [-0.25, -0.2) is 0 Å². The van der Waals surface area contributed by atoms with E-state index in [2.05, 4.69) is 20.4 Å². The highest BCUT2D eigenvalue weighted by Crippen LogP contribution is 2.36. The summed E-state index contributed by atoms with van der Waals surface area (Å²) >= 11 is 7.46. The fourth-order valence-corrected chi connectivity index (χ4v) is 3.41. The highest BCUT2D eigenvalue weighted by molar-refractivity contribution is 7.98. The van der Waals surface area contributed by atoms with Crippen LogP contribution in [0, 0.1) is 0 Å². The van der Waals surface area contributed by atoms with Gasteiger partial charge in [-0.05, 0) is 30.3 Å². The number of aromatic nitrogens is 4. The molecule has 8 nitrogen and oxygen atoms in total. The highest BCUT2D eigenvalue weighted by Gasteiger charge is 2.18. The van der Waals surface area contributed by atoms with Gasteiger partial charge in [-0.15, -0.1) is 20.4 Å². The van der Waals surface area contributed by atoms with E-state index in [4.69, 9.17) is 29.9 Å². The van der Waals surface area contributed by atoms with Crippen LogP contribution < -0.4 is 9.47 Å². The Hall–Kier alpha value is -3.04. The minimum absolute atomic E-state index is 0.212. The van der Waals surface area contributed by atoms with Gasteiger partial charge in [0.1, 0.15) is 0 Å². The van der Waals surface area contributed by atoms with Crippen molar-refractivity contribution in [2.75, 3.05) is 6.79 Å². The first-order valence-electron chi connectivity index (χ1n) is 8.20. The number of thioether (sulfide) groups is 1. The molecule has 0 N–H and O–H groups in total. The van der Waals surface area contributed by atoms with Gasteiger partial charge in [0.2, 0.25) is 24.5 Å². The number of rotatable bonds is 5. The summed E-state index contributed by atoms with van der Waals surface area (Å²) in [7, 11) is 0. The van der Waals surface area contributed by atoms with Crippen molar-refractivity contribution in [2.45, 2.75) is 11.0 Å². The number of hydrogen-bond acceptors (Lipinski definition) is 9. The van der Waals surface area contributed by atoms with E-state index in [1.165, 1.54) is 11.8 Å². The van der Waals surface area contributed by atoms with Crippen molar-refractivity contribution in [2.24, 2.45) is 0 Å². The molecule has 3 heterocycles. The Balaban J connectivity index is 1.28. The third-order valence-corrected chi connectivity index (χ3v) is 5.05. The summed E-state index contributed by atoms with van der Waals surface area (Å²) in [5.74, 6) is 2.94. The second-order valence-electron chi connectivity index (χ2n) is 5.71. The molecule has 0 aliphatic carbocycles. The van der Waals surface area contributed by atoms with Crippen LogP contribution in [0.5, 0.6) is 11.5 Å². The monoisotopic (exact) mass is 414 g/mol. The van der Waals surface area contributed by atoms with Crippen molar-refractivity contribution in [3.05, 3.63) is 53.4 Å². The van der Waals surface area contributed by atoms with E-state index in [0.29, 0.717) is 50.7 Å². The molecule has 1 aliphatic rings. The lowest BCUT2D eigenvalue weighted by Crippen LogP contribution is -1.92. The van der Waals surface area contributed by atoms with Crippen molar-refractivity contribution in [1.82, 2.24) is 20.4 Å². The van der Waals surface area contributed by atoms with Crippen LogP contribution in [-0.4, -0.2) is 27.2 Å². The van der Waals surface area contributed by atoms with Crippen LogP contribution in [-0.2, 0) is 5.75 Å². The number of halogens is 1. The summed E-state index contributed by atoms with van der Waals surface area (Å²) in [6.07, 6.45) is 0. The Labute approximate surface area is 167 Å². The zero-order chi connectivity index (χ0) is 18.9. The quantitative estimate of drug-likeness (QED) is 0.438. The maximum Gasteiger partial charge on any atom is 0.277 e. The largest absolute Gasteiger partial charge is 0.454 e. The first kappa shape index (κ1) is 17.1. The van der Waals surface area contributed by atoms with Crippen molar-refractivity contribution in [1.29, 1.82) is 0 Å². The van der Waals surface area contributed by atoms with Gasteiger partial charge < -0.3 is 18.3 Å². The summed E-state index contributed by atoms with van der Waals surface area (Å²) < 4.78 is 22.0. The Morgan fingerprint density at radius 3 is 2.68 bits per heavy atom. The Kier molecular flexibility index (Phi) is 4.38. The summed E-state index contributed by atoms with van der Waals surface area (Å²) in [6, 6.07) is 12.7. The summed E-state index contributed by atoms with van der Waals surface area (Å²) in [5, 5.41) is 17.1. The molecular weight excluding hydrogens is 404 g/mol. The van der Waals surface area contributed by atoms with Crippen LogP contribution in [0.3, 0.4) is 0 Å². The van der Waals surface area contributed by atoms with Gasteiger partial charge >= 0.3 is 0 Å². The second kappa shape index (κ2) is 7.17. The number of ether oxygens (including phenoxy) is 2. The van der Waals surface area contributed by atoms with E-state index in [1.54, 1.807) is 12.1 Å². The molecule has 2 aromatic heterocycles. The van der Waals surface area contributed by atoms with E-state index >= 15 is 0 Å². The Bertz CT molecular complexity index is 1150. The first-order valence-corrected chi connectivity index (χ1v) is 9.56. The van der Waals surface area contributed by atoms with Gasteiger partial charge in [-0.3, -0.25) is 0 Å². The molecule has 1 aliphatic heterocycles. The van der Waals surface area contributed by atoms with Crippen LogP contribution in [0.4, 0.5) is 0 Å². The van der Waals surface area contributed by atoms with Gasteiger partial charge in [0.05, 0.1) is 16.3 Å². The van der Waals surface area contributed by atoms with Gasteiger partial charge in [-0.1, -0.05) is 35.5 Å². The molecule has 0 saturated carbocycles. The lowest BCUT2D eigenvalue weighted by Gasteiger charge is -1.98. The second-order valence-corrected chi connectivity index (χ2v) is 7.04. The molecule has 140 valence electrons. The Morgan fingerprint density at radius 1 is 0.893 bits per heavy atom. The predicted octanol–water partition coefficient (Wildman–Crippen LogP) is 4.46. The SMILES string of the molecule is Clc1ccccc1-c1nnc(CSc2nnc(-c3ccc4c(c3)OCO4)o2)o1. The summed E-state index contributed by atoms with van der Waals surface area (Å²) in [6.45, 7) is 0.212. The van der Waals surface area contributed by atoms with Gasteiger partial charge in [0.15, 0.2) is 11.5 Å². The van der Waals surface area contributed by atoms with Crippen molar-refractivity contribution in [3.8, 4) is 34.4 Å². The van der Waals surface area contributed by atoms with Crippen LogP contribution in [0.1, 0.15) is 5.89 Å². The molecule has 0 atom stereocenters. The van der Waals surface area contributed by atoms with Crippen LogP contribution >= 0.6 is 23.4 Å². The standard InChI is InChI=1S/C18H11ClN4O4S/c19-12-4-2-1-3-11(12)17-22-20-15(26-17)8-28-18-23-21-16(27-18)10-5-6-13-14(7-10)25-9-24-13/h1-7H,8-9H2. The number of nitrogens with zero attached hydrogens (tertiary/aromatic N) is 4. The van der Waals surface area contributed by atoms with Crippen LogP contribution in [0.15, 0.2) is 56.5 Å². The minimum atomic E-state index is 0.212. The molecule has 2 aromatic carbocycles. The summed E-state index contributed by atoms with van der Waals surface area (Å²) in [5.41, 5.74) is 1.44. The normalized spacial score (nSPS) is 12.5. The zero-order valence-electron chi connectivity index (χ0n) is 14.2. The Morgan fingerprint density at radius 2 is 1.75 bits per heavy atom. The smallest absolute Gasteiger partial charge is 0.277 e. The zero-order valence-corrected chi connectivity index (χ0v) is 15.7. The van der Waals surface area contributed by atoms with E-state index in [0.717, 1.165) is 5.56 Å². The molecule has 28 heavy (non-hydrogen) atoms. The fraction of sp³-hybridized carbons (Fsp3) is 0.111. The van der Waals surface area contributed by atoms with Crippen molar-refractivity contribution < 1.29 is 18.3 Å². The lowest BCUT2D eigenvalue weighted by molar-refractivity contribution is 0.174. The number of benzene rings is 2. The number of fused-ring (bicyclic) bond motifs is 1. The van der Waals surface area contributed by atoms with Crippen molar-refractivity contribution in [3.63, 3.8) is 0 Å². The highest BCUT2D eigenvalue weighted by atomic mass is 35.5. The maximum absolute atomic E-state index is 6.15. The predicted molar refractivity (Wildman–Crippen MR) is 100 cm³/mol.